The highest BCUT2D eigenvalue weighted by Gasteiger charge is 1.97. The SMILES string of the molecule is Nc1cc[n+](CC#Cc2ccccc2C#Cc2ccccc2)cc1. The second-order valence-electron chi connectivity index (χ2n) is 5.27. The van der Waals surface area contributed by atoms with E-state index in [1.807, 2.05) is 83.7 Å². The number of nitrogens with zero attached hydrogens (tertiary/aromatic N) is 1. The van der Waals surface area contributed by atoms with E-state index in [1.54, 1.807) is 0 Å². The van der Waals surface area contributed by atoms with Crippen molar-refractivity contribution >= 4 is 5.69 Å². The molecule has 0 radical (unpaired) electrons. The van der Waals surface area contributed by atoms with Crippen molar-refractivity contribution in [1.29, 1.82) is 0 Å². The Balaban J connectivity index is 1.79. The maximum Gasteiger partial charge on any atom is 0.209 e. The molecular weight excluding hydrogens is 292 g/mol. The quantitative estimate of drug-likeness (QED) is 0.543. The molecule has 0 fully saturated rings. The molecule has 3 rings (SSSR count). The summed E-state index contributed by atoms with van der Waals surface area (Å²) < 4.78 is 1.99. The summed E-state index contributed by atoms with van der Waals surface area (Å²) in [5, 5.41) is 0. The van der Waals surface area contributed by atoms with Gasteiger partial charge in [0.25, 0.3) is 0 Å². The van der Waals surface area contributed by atoms with E-state index in [0.29, 0.717) is 6.54 Å². The molecule has 0 aliphatic heterocycles. The molecule has 24 heavy (non-hydrogen) atoms. The van der Waals surface area contributed by atoms with E-state index in [9.17, 15) is 0 Å². The Kier molecular flexibility index (Phi) is 4.93. The van der Waals surface area contributed by atoms with E-state index in [4.69, 9.17) is 5.73 Å². The maximum atomic E-state index is 5.68. The summed E-state index contributed by atoms with van der Waals surface area (Å²) in [6, 6.07) is 21.6. The van der Waals surface area contributed by atoms with Crippen molar-refractivity contribution in [3.05, 3.63) is 95.8 Å². The monoisotopic (exact) mass is 309 g/mol. The van der Waals surface area contributed by atoms with Crippen LogP contribution in [0.15, 0.2) is 79.1 Å². The van der Waals surface area contributed by atoms with Gasteiger partial charge >= 0.3 is 0 Å². The van der Waals surface area contributed by atoms with Crippen LogP contribution in [-0.2, 0) is 6.54 Å². The second-order valence-corrected chi connectivity index (χ2v) is 5.27. The highest BCUT2D eigenvalue weighted by atomic mass is 14.9. The summed E-state index contributed by atoms with van der Waals surface area (Å²) in [5.74, 6) is 12.8. The van der Waals surface area contributed by atoms with Gasteiger partial charge < -0.3 is 5.73 Å². The van der Waals surface area contributed by atoms with Crippen molar-refractivity contribution in [1.82, 2.24) is 0 Å². The molecule has 0 unspecified atom stereocenters. The Labute approximate surface area is 142 Å². The van der Waals surface area contributed by atoms with E-state index < -0.39 is 0 Å². The highest BCUT2D eigenvalue weighted by Crippen LogP contribution is 2.06. The third-order valence-corrected chi connectivity index (χ3v) is 3.44. The van der Waals surface area contributed by atoms with Crippen LogP contribution in [0.25, 0.3) is 0 Å². The zero-order chi connectivity index (χ0) is 16.6. The van der Waals surface area contributed by atoms with Gasteiger partial charge in [0.1, 0.15) is 0 Å². The minimum atomic E-state index is 0.612. The number of hydrogen-bond donors (Lipinski definition) is 1. The maximum absolute atomic E-state index is 5.68. The van der Waals surface area contributed by atoms with Crippen molar-refractivity contribution in [2.45, 2.75) is 6.54 Å². The first kappa shape index (κ1) is 15.4. The third kappa shape index (κ3) is 4.26. The van der Waals surface area contributed by atoms with Gasteiger partial charge in [0.05, 0.1) is 0 Å². The van der Waals surface area contributed by atoms with E-state index >= 15 is 0 Å². The van der Waals surface area contributed by atoms with Crippen molar-refractivity contribution in [3.63, 3.8) is 0 Å². The molecule has 0 bridgehead atoms. The number of nitrogens with two attached hydrogens (primary N) is 1. The summed E-state index contributed by atoms with van der Waals surface area (Å²) >= 11 is 0. The number of hydrogen-bond acceptors (Lipinski definition) is 1. The van der Waals surface area contributed by atoms with Gasteiger partial charge in [-0.2, -0.15) is 4.57 Å². The fraction of sp³-hybridized carbons (Fsp3) is 0.0455. The standard InChI is InChI=1S/C22H16N2/c23-22-14-17-24(18-15-22)16-6-11-20-9-4-5-10-21(20)13-12-19-7-2-1-3-8-19/h1-5,7-10,14-15,17-18,23H,16H2/p+1. The number of anilines is 1. The first-order valence-corrected chi connectivity index (χ1v) is 7.71. The molecule has 0 spiro atoms. The molecule has 2 aromatic carbocycles. The number of rotatable bonds is 1. The van der Waals surface area contributed by atoms with Crippen molar-refractivity contribution in [3.8, 4) is 23.7 Å². The molecular formula is C22H17N2+. The summed E-state index contributed by atoms with van der Waals surface area (Å²) in [6.45, 7) is 0.612. The van der Waals surface area contributed by atoms with Gasteiger partial charge in [0.15, 0.2) is 12.4 Å². The summed E-state index contributed by atoms with van der Waals surface area (Å²) in [7, 11) is 0. The van der Waals surface area contributed by atoms with Gasteiger partial charge in [-0.25, -0.2) is 0 Å². The molecule has 0 aliphatic rings. The molecule has 0 aliphatic carbocycles. The van der Waals surface area contributed by atoms with Crippen molar-refractivity contribution in [2.75, 3.05) is 5.73 Å². The van der Waals surface area contributed by atoms with E-state index in [2.05, 4.69) is 23.7 Å². The number of benzene rings is 2. The minimum absolute atomic E-state index is 0.612. The second kappa shape index (κ2) is 7.68. The molecule has 2 N–H and O–H groups in total. The van der Waals surface area contributed by atoms with Gasteiger partial charge in [-0.05, 0) is 30.2 Å². The molecule has 2 nitrogen and oxygen atoms in total. The zero-order valence-corrected chi connectivity index (χ0v) is 13.2. The zero-order valence-electron chi connectivity index (χ0n) is 13.2. The van der Waals surface area contributed by atoms with Gasteiger partial charge in [-0.3, -0.25) is 0 Å². The van der Waals surface area contributed by atoms with Crippen LogP contribution in [0, 0.1) is 23.7 Å². The lowest BCUT2D eigenvalue weighted by Gasteiger charge is -1.95. The fourth-order valence-electron chi connectivity index (χ4n) is 2.16. The van der Waals surface area contributed by atoms with E-state index in [-0.39, 0.29) is 0 Å². The molecule has 3 aromatic rings. The first-order valence-electron chi connectivity index (χ1n) is 7.71. The van der Waals surface area contributed by atoms with Crippen LogP contribution >= 0.6 is 0 Å². The number of nitrogen functional groups attached to an aromatic ring is 1. The third-order valence-electron chi connectivity index (χ3n) is 3.44. The highest BCUT2D eigenvalue weighted by molar-refractivity contribution is 5.52. The molecule has 114 valence electrons. The van der Waals surface area contributed by atoms with Crippen LogP contribution in [0.2, 0.25) is 0 Å². The van der Waals surface area contributed by atoms with Crippen LogP contribution in [0.5, 0.6) is 0 Å². The Morgan fingerprint density at radius 2 is 1.33 bits per heavy atom. The predicted molar refractivity (Wildman–Crippen MR) is 96.8 cm³/mol. The topological polar surface area (TPSA) is 29.9 Å². The van der Waals surface area contributed by atoms with Crippen LogP contribution < -0.4 is 10.3 Å². The lowest BCUT2D eigenvalue weighted by molar-refractivity contribution is -0.684. The predicted octanol–water partition coefficient (Wildman–Crippen LogP) is 3.01. The molecule has 0 saturated heterocycles. The Morgan fingerprint density at radius 1 is 0.708 bits per heavy atom. The summed E-state index contributed by atoms with van der Waals surface area (Å²) in [6.07, 6.45) is 3.84. The first-order chi connectivity index (χ1) is 11.8. The number of pyridine rings is 1. The normalized spacial score (nSPS) is 9.33. The fourth-order valence-corrected chi connectivity index (χ4v) is 2.16. The Hall–Kier alpha value is -3.49. The smallest absolute Gasteiger partial charge is 0.209 e. The van der Waals surface area contributed by atoms with Gasteiger partial charge in [-0.15, -0.1) is 0 Å². The van der Waals surface area contributed by atoms with Crippen LogP contribution in [0.4, 0.5) is 5.69 Å². The average Bonchev–Trinajstić information content (AvgIpc) is 2.63. The minimum Gasteiger partial charge on any atom is -0.398 e. The molecule has 2 heteroatoms. The van der Waals surface area contributed by atoms with Crippen LogP contribution in [0.1, 0.15) is 16.7 Å². The van der Waals surface area contributed by atoms with Crippen molar-refractivity contribution < 1.29 is 4.57 Å². The van der Waals surface area contributed by atoms with Gasteiger partial charge in [-0.1, -0.05) is 48.1 Å². The van der Waals surface area contributed by atoms with Crippen LogP contribution in [0.3, 0.4) is 0 Å². The van der Waals surface area contributed by atoms with E-state index in [0.717, 1.165) is 22.4 Å². The average molecular weight is 309 g/mol. The molecule has 0 amide bonds. The van der Waals surface area contributed by atoms with Crippen LogP contribution in [-0.4, -0.2) is 0 Å². The van der Waals surface area contributed by atoms with Gasteiger partial charge in [0.2, 0.25) is 6.54 Å². The summed E-state index contributed by atoms with van der Waals surface area (Å²) in [5.41, 5.74) is 9.31. The van der Waals surface area contributed by atoms with Gasteiger partial charge in [0, 0.05) is 34.5 Å². The lowest BCUT2D eigenvalue weighted by atomic mass is 10.1. The Bertz CT molecular complexity index is 934. The molecule has 1 heterocycles. The summed E-state index contributed by atoms with van der Waals surface area (Å²) in [4.78, 5) is 0. The largest absolute Gasteiger partial charge is 0.398 e. The molecule has 0 saturated carbocycles. The van der Waals surface area contributed by atoms with E-state index in [1.165, 1.54) is 0 Å². The molecule has 0 atom stereocenters. The molecule has 1 aromatic heterocycles. The lowest BCUT2D eigenvalue weighted by Crippen LogP contribution is -2.31. The number of aromatic nitrogens is 1. The Morgan fingerprint density at radius 3 is 2.04 bits per heavy atom. The van der Waals surface area contributed by atoms with Crippen molar-refractivity contribution in [2.24, 2.45) is 0 Å².